The Morgan fingerprint density at radius 1 is 1.15 bits per heavy atom. The lowest BCUT2D eigenvalue weighted by atomic mass is 10.1. The Bertz CT molecular complexity index is 1030. The number of benzene rings is 2. The van der Waals surface area contributed by atoms with E-state index in [9.17, 15) is 4.79 Å². The van der Waals surface area contributed by atoms with Gasteiger partial charge in [0.25, 0.3) is 5.91 Å². The Morgan fingerprint density at radius 2 is 1.96 bits per heavy atom. The van der Waals surface area contributed by atoms with E-state index >= 15 is 0 Å². The predicted molar refractivity (Wildman–Crippen MR) is 99.8 cm³/mol. The van der Waals surface area contributed by atoms with Crippen molar-refractivity contribution in [2.45, 2.75) is 20.0 Å². The standard InChI is InChI=1S/C20H19N5O/c1-14-2-7-18-17(10-14)19(24-23-18)20(26)22-11-15-3-5-16(6-4-15)12-25-9-8-21-13-25/h2-10,13H,11-12H2,1H3,(H,22,26)(H,23,24). The van der Waals surface area contributed by atoms with Gasteiger partial charge in [0.15, 0.2) is 5.69 Å². The molecule has 0 aliphatic rings. The van der Waals surface area contributed by atoms with E-state index in [2.05, 4.69) is 32.6 Å². The molecule has 0 unspecified atom stereocenters. The molecule has 2 aromatic carbocycles. The minimum Gasteiger partial charge on any atom is -0.347 e. The van der Waals surface area contributed by atoms with Gasteiger partial charge < -0.3 is 9.88 Å². The lowest BCUT2D eigenvalue weighted by molar-refractivity contribution is 0.0947. The molecule has 0 fully saturated rings. The number of aromatic nitrogens is 4. The average molecular weight is 345 g/mol. The molecule has 0 bridgehead atoms. The number of rotatable bonds is 5. The van der Waals surface area contributed by atoms with E-state index < -0.39 is 0 Å². The largest absolute Gasteiger partial charge is 0.347 e. The van der Waals surface area contributed by atoms with Gasteiger partial charge in [0, 0.05) is 30.9 Å². The monoisotopic (exact) mass is 345 g/mol. The number of fused-ring (bicyclic) bond motifs is 1. The molecule has 2 N–H and O–H groups in total. The van der Waals surface area contributed by atoms with Crippen molar-refractivity contribution in [3.8, 4) is 0 Å². The summed E-state index contributed by atoms with van der Waals surface area (Å²) < 4.78 is 2.02. The lowest BCUT2D eigenvalue weighted by Gasteiger charge is -2.06. The zero-order valence-corrected chi connectivity index (χ0v) is 14.4. The molecule has 6 heteroatoms. The summed E-state index contributed by atoms with van der Waals surface area (Å²) in [6.07, 6.45) is 5.50. The molecule has 0 atom stereocenters. The highest BCUT2D eigenvalue weighted by Crippen LogP contribution is 2.17. The van der Waals surface area contributed by atoms with Crippen molar-refractivity contribution in [3.63, 3.8) is 0 Å². The normalized spacial score (nSPS) is 11.0. The minimum absolute atomic E-state index is 0.177. The first-order chi connectivity index (χ1) is 12.7. The SMILES string of the molecule is Cc1ccc2[nH]nc(C(=O)NCc3ccc(Cn4ccnc4)cc3)c2c1. The van der Waals surface area contributed by atoms with E-state index in [1.807, 2.05) is 48.0 Å². The van der Waals surface area contributed by atoms with Crippen LogP contribution in [0.2, 0.25) is 0 Å². The summed E-state index contributed by atoms with van der Waals surface area (Å²) in [5, 5.41) is 10.9. The molecule has 0 radical (unpaired) electrons. The first-order valence-electron chi connectivity index (χ1n) is 8.45. The Morgan fingerprint density at radius 3 is 2.73 bits per heavy atom. The average Bonchev–Trinajstić information content (AvgIpc) is 3.30. The van der Waals surface area contributed by atoms with Gasteiger partial charge in [0.1, 0.15) is 0 Å². The van der Waals surface area contributed by atoms with Crippen LogP contribution in [0.25, 0.3) is 10.9 Å². The number of carbonyl (C=O) groups is 1. The van der Waals surface area contributed by atoms with Crippen LogP contribution in [0.5, 0.6) is 0 Å². The summed E-state index contributed by atoms with van der Waals surface area (Å²) >= 11 is 0. The molecular formula is C20H19N5O. The number of nitrogens with one attached hydrogen (secondary N) is 2. The van der Waals surface area contributed by atoms with E-state index in [1.54, 1.807) is 12.5 Å². The molecule has 0 saturated heterocycles. The third-order valence-corrected chi connectivity index (χ3v) is 4.33. The van der Waals surface area contributed by atoms with Gasteiger partial charge in [-0.1, -0.05) is 35.9 Å². The quantitative estimate of drug-likeness (QED) is 0.584. The lowest BCUT2D eigenvalue weighted by Crippen LogP contribution is -2.23. The van der Waals surface area contributed by atoms with Crippen molar-refractivity contribution in [2.24, 2.45) is 0 Å². The molecule has 26 heavy (non-hydrogen) atoms. The highest BCUT2D eigenvalue weighted by Gasteiger charge is 2.13. The molecule has 4 aromatic rings. The summed E-state index contributed by atoms with van der Waals surface area (Å²) in [6, 6.07) is 14.1. The van der Waals surface area contributed by atoms with Crippen LogP contribution >= 0.6 is 0 Å². The Labute approximate surface area is 150 Å². The van der Waals surface area contributed by atoms with Crippen LogP contribution in [0, 0.1) is 6.92 Å². The van der Waals surface area contributed by atoms with Gasteiger partial charge >= 0.3 is 0 Å². The summed E-state index contributed by atoms with van der Waals surface area (Å²) in [5.74, 6) is -0.177. The molecular weight excluding hydrogens is 326 g/mol. The van der Waals surface area contributed by atoms with Gasteiger partial charge in [-0.25, -0.2) is 4.98 Å². The van der Waals surface area contributed by atoms with Crippen LogP contribution in [0.4, 0.5) is 0 Å². The molecule has 0 spiro atoms. The second kappa shape index (κ2) is 6.84. The van der Waals surface area contributed by atoms with Crippen LogP contribution in [-0.4, -0.2) is 25.7 Å². The van der Waals surface area contributed by atoms with Gasteiger partial charge in [-0.05, 0) is 30.2 Å². The Kier molecular flexibility index (Phi) is 4.23. The van der Waals surface area contributed by atoms with Crippen LogP contribution in [0.3, 0.4) is 0 Å². The van der Waals surface area contributed by atoms with E-state index in [0.717, 1.165) is 28.6 Å². The fourth-order valence-corrected chi connectivity index (χ4v) is 2.92. The molecule has 0 aliphatic heterocycles. The maximum Gasteiger partial charge on any atom is 0.272 e. The molecule has 0 aliphatic carbocycles. The molecule has 130 valence electrons. The van der Waals surface area contributed by atoms with Crippen LogP contribution < -0.4 is 5.32 Å². The van der Waals surface area contributed by atoms with Crippen molar-refractivity contribution in [2.75, 3.05) is 0 Å². The predicted octanol–water partition coefficient (Wildman–Crippen LogP) is 3.05. The molecule has 4 rings (SSSR count). The number of H-pyrrole nitrogens is 1. The smallest absolute Gasteiger partial charge is 0.272 e. The number of hydrogen-bond donors (Lipinski definition) is 2. The van der Waals surface area contributed by atoms with Crippen molar-refractivity contribution < 1.29 is 4.79 Å². The fourth-order valence-electron chi connectivity index (χ4n) is 2.92. The molecule has 1 amide bonds. The fraction of sp³-hybridized carbons (Fsp3) is 0.150. The Hall–Kier alpha value is -3.41. The second-order valence-corrected chi connectivity index (χ2v) is 6.36. The molecule has 2 aromatic heterocycles. The summed E-state index contributed by atoms with van der Waals surface area (Å²) in [7, 11) is 0. The van der Waals surface area contributed by atoms with Crippen molar-refractivity contribution >= 4 is 16.8 Å². The van der Waals surface area contributed by atoms with Crippen molar-refractivity contribution in [1.29, 1.82) is 0 Å². The maximum absolute atomic E-state index is 12.5. The van der Waals surface area contributed by atoms with Crippen molar-refractivity contribution in [3.05, 3.63) is 83.6 Å². The summed E-state index contributed by atoms with van der Waals surface area (Å²) in [6.45, 7) is 3.25. The number of hydrogen-bond acceptors (Lipinski definition) is 3. The van der Waals surface area contributed by atoms with Crippen molar-refractivity contribution in [1.82, 2.24) is 25.1 Å². The van der Waals surface area contributed by atoms with Gasteiger partial charge in [-0.2, -0.15) is 5.10 Å². The number of imidazole rings is 1. The van der Waals surface area contributed by atoms with Gasteiger partial charge in [-0.3, -0.25) is 9.89 Å². The third-order valence-electron chi connectivity index (χ3n) is 4.33. The minimum atomic E-state index is -0.177. The topological polar surface area (TPSA) is 75.6 Å². The molecule has 6 nitrogen and oxygen atoms in total. The number of aryl methyl sites for hydroxylation is 1. The zero-order chi connectivity index (χ0) is 17.9. The van der Waals surface area contributed by atoms with E-state index in [4.69, 9.17) is 0 Å². The number of nitrogens with zero attached hydrogens (tertiary/aromatic N) is 3. The van der Waals surface area contributed by atoms with E-state index in [0.29, 0.717) is 12.2 Å². The first-order valence-corrected chi connectivity index (χ1v) is 8.45. The highest BCUT2D eigenvalue weighted by molar-refractivity contribution is 6.04. The van der Waals surface area contributed by atoms with Gasteiger partial charge in [-0.15, -0.1) is 0 Å². The second-order valence-electron chi connectivity index (χ2n) is 6.36. The number of amides is 1. The third kappa shape index (κ3) is 3.35. The van der Waals surface area contributed by atoms with E-state index in [1.165, 1.54) is 5.56 Å². The highest BCUT2D eigenvalue weighted by atomic mass is 16.1. The molecule has 2 heterocycles. The van der Waals surface area contributed by atoms with Crippen LogP contribution in [0.15, 0.2) is 61.2 Å². The van der Waals surface area contributed by atoms with Gasteiger partial charge in [0.05, 0.1) is 11.8 Å². The zero-order valence-electron chi connectivity index (χ0n) is 14.4. The van der Waals surface area contributed by atoms with E-state index in [-0.39, 0.29) is 5.91 Å². The Balaban J connectivity index is 1.41. The maximum atomic E-state index is 12.5. The van der Waals surface area contributed by atoms with Gasteiger partial charge in [0.2, 0.25) is 0 Å². The number of aromatic amines is 1. The molecule has 0 saturated carbocycles. The van der Waals surface area contributed by atoms with Crippen LogP contribution in [-0.2, 0) is 13.1 Å². The first kappa shape index (κ1) is 16.1. The summed E-state index contributed by atoms with van der Waals surface area (Å²) in [5.41, 5.74) is 4.63. The van der Waals surface area contributed by atoms with Crippen LogP contribution in [0.1, 0.15) is 27.2 Å². The summed E-state index contributed by atoms with van der Waals surface area (Å²) in [4.78, 5) is 16.5. The number of carbonyl (C=O) groups excluding carboxylic acids is 1.